The Morgan fingerprint density at radius 2 is 1.72 bits per heavy atom. The summed E-state index contributed by atoms with van der Waals surface area (Å²) >= 11 is 0. The van der Waals surface area contributed by atoms with Gasteiger partial charge in [0.1, 0.15) is 19.0 Å². The van der Waals surface area contributed by atoms with Gasteiger partial charge in [0.2, 0.25) is 11.8 Å². The molecule has 0 bridgehead atoms. The topological polar surface area (TPSA) is 73.6 Å². The van der Waals surface area contributed by atoms with Crippen LogP contribution in [-0.4, -0.2) is 24.1 Å². The summed E-state index contributed by atoms with van der Waals surface area (Å²) < 4.78 is 16.9. The van der Waals surface area contributed by atoms with Crippen molar-refractivity contribution in [2.24, 2.45) is 0 Å². The first-order chi connectivity index (χ1) is 14.0. The number of carbonyl (C=O) groups is 1. The van der Waals surface area contributed by atoms with Crippen molar-refractivity contribution in [2.45, 2.75) is 32.6 Å². The van der Waals surface area contributed by atoms with Gasteiger partial charge in [-0.3, -0.25) is 4.79 Å². The van der Waals surface area contributed by atoms with Gasteiger partial charge in [0.05, 0.1) is 12.1 Å². The molecule has 0 spiro atoms. The van der Waals surface area contributed by atoms with E-state index in [0.717, 1.165) is 28.3 Å². The summed E-state index contributed by atoms with van der Waals surface area (Å²) in [6, 6.07) is 13.1. The zero-order chi connectivity index (χ0) is 20.4. The second-order valence-electron chi connectivity index (χ2n) is 7.41. The summed E-state index contributed by atoms with van der Waals surface area (Å²) in [4.78, 5) is 17.0. The predicted molar refractivity (Wildman–Crippen MR) is 111 cm³/mol. The van der Waals surface area contributed by atoms with Crippen LogP contribution in [0.15, 0.2) is 53.1 Å². The molecule has 0 saturated heterocycles. The molecule has 1 amide bonds. The first-order valence-electron chi connectivity index (χ1n) is 9.78. The van der Waals surface area contributed by atoms with Crippen LogP contribution in [0.5, 0.6) is 11.5 Å². The standard InChI is InChI=1S/C23H24N2O4/c1-14(2)21-13-24-23(29-21)16-4-7-18(8-5-16)25-22(26)15(3)17-6-9-19-20(12-17)28-11-10-27-19/h4-9,12-15H,10-11H2,1-3H3,(H,25,26). The molecule has 1 aromatic heterocycles. The van der Waals surface area contributed by atoms with E-state index in [1.165, 1.54) is 0 Å². The van der Waals surface area contributed by atoms with Crippen LogP contribution in [0.2, 0.25) is 0 Å². The molecule has 1 N–H and O–H groups in total. The van der Waals surface area contributed by atoms with Crippen LogP contribution in [0, 0.1) is 0 Å². The molecule has 2 aromatic carbocycles. The number of aromatic nitrogens is 1. The highest BCUT2D eigenvalue weighted by molar-refractivity contribution is 5.95. The Hall–Kier alpha value is -3.28. The fourth-order valence-electron chi connectivity index (χ4n) is 3.11. The Bertz CT molecular complexity index is 1010. The number of amides is 1. The average molecular weight is 392 g/mol. The molecule has 1 aliphatic rings. The van der Waals surface area contributed by atoms with Crippen LogP contribution in [0.1, 0.15) is 43.9 Å². The number of anilines is 1. The Morgan fingerprint density at radius 3 is 2.41 bits per heavy atom. The molecule has 0 aliphatic carbocycles. The third-order valence-electron chi connectivity index (χ3n) is 4.95. The maximum atomic E-state index is 12.7. The van der Waals surface area contributed by atoms with E-state index in [1.54, 1.807) is 6.20 Å². The molecule has 29 heavy (non-hydrogen) atoms. The molecule has 0 fully saturated rings. The van der Waals surface area contributed by atoms with Gasteiger partial charge in [-0.1, -0.05) is 19.9 Å². The summed E-state index contributed by atoms with van der Waals surface area (Å²) in [6.45, 7) is 7.06. The van der Waals surface area contributed by atoms with Crippen molar-refractivity contribution < 1.29 is 18.7 Å². The van der Waals surface area contributed by atoms with Crippen LogP contribution in [0.4, 0.5) is 5.69 Å². The lowest BCUT2D eigenvalue weighted by atomic mass is 9.99. The molecule has 6 nitrogen and oxygen atoms in total. The maximum Gasteiger partial charge on any atom is 0.231 e. The monoisotopic (exact) mass is 392 g/mol. The van der Waals surface area contributed by atoms with E-state index in [9.17, 15) is 4.79 Å². The quantitative estimate of drug-likeness (QED) is 0.663. The van der Waals surface area contributed by atoms with Crippen LogP contribution < -0.4 is 14.8 Å². The van der Waals surface area contributed by atoms with E-state index in [-0.39, 0.29) is 17.7 Å². The molecule has 6 heteroatoms. The van der Waals surface area contributed by atoms with Crippen molar-refractivity contribution >= 4 is 11.6 Å². The van der Waals surface area contributed by atoms with E-state index < -0.39 is 0 Å². The number of hydrogen-bond acceptors (Lipinski definition) is 5. The summed E-state index contributed by atoms with van der Waals surface area (Å²) in [7, 11) is 0. The zero-order valence-corrected chi connectivity index (χ0v) is 16.8. The van der Waals surface area contributed by atoms with Crippen molar-refractivity contribution in [2.75, 3.05) is 18.5 Å². The van der Waals surface area contributed by atoms with E-state index >= 15 is 0 Å². The van der Waals surface area contributed by atoms with Crippen molar-refractivity contribution in [3.63, 3.8) is 0 Å². The van der Waals surface area contributed by atoms with Crippen molar-refractivity contribution in [1.29, 1.82) is 0 Å². The van der Waals surface area contributed by atoms with E-state index in [4.69, 9.17) is 13.9 Å². The minimum absolute atomic E-state index is 0.0901. The molecule has 0 saturated carbocycles. The number of hydrogen-bond donors (Lipinski definition) is 1. The summed E-state index contributed by atoms with van der Waals surface area (Å²) in [5.41, 5.74) is 2.47. The lowest BCUT2D eigenvalue weighted by Crippen LogP contribution is -2.20. The highest BCUT2D eigenvalue weighted by Gasteiger charge is 2.19. The SMILES string of the molecule is CC(C)c1cnc(-c2ccc(NC(=O)C(C)c3ccc4c(c3)OCCO4)cc2)o1. The van der Waals surface area contributed by atoms with Crippen molar-refractivity contribution in [3.8, 4) is 23.0 Å². The minimum Gasteiger partial charge on any atom is -0.486 e. The zero-order valence-electron chi connectivity index (χ0n) is 16.8. The number of benzene rings is 2. The van der Waals surface area contributed by atoms with Gasteiger partial charge in [-0.05, 0) is 48.9 Å². The third-order valence-corrected chi connectivity index (χ3v) is 4.95. The molecule has 1 aliphatic heterocycles. The normalized spacial score (nSPS) is 13.9. The molecular formula is C23H24N2O4. The number of ether oxygens (including phenoxy) is 2. The molecule has 3 aromatic rings. The number of carbonyl (C=O) groups excluding carboxylic acids is 1. The average Bonchev–Trinajstić information content (AvgIpc) is 3.24. The van der Waals surface area contributed by atoms with Crippen molar-refractivity contribution in [3.05, 3.63) is 60.0 Å². The summed E-state index contributed by atoms with van der Waals surface area (Å²) in [5, 5.41) is 2.96. The van der Waals surface area contributed by atoms with Gasteiger partial charge in [-0.2, -0.15) is 0 Å². The molecule has 1 atom stereocenters. The minimum atomic E-state index is -0.328. The number of nitrogens with one attached hydrogen (secondary N) is 1. The van der Waals surface area contributed by atoms with Crippen LogP contribution in [0.3, 0.4) is 0 Å². The van der Waals surface area contributed by atoms with Gasteiger partial charge in [-0.25, -0.2) is 4.98 Å². The first-order valence-corrected chi connectivity index (χ1v) is 9.78. The second kappa shape index (κ2) is 7.99. The van der Waals surface area contributed by atoms with Gasteiger partial charge in [0.25, 0.3) is 0 Å². The highest BCUT2D eigenvalue weighted by atomic mass is 16.6. The van der Waals surface area contributed by atoms with Crippen LogP contribution >= 0.6 is 0 Å². The first kappa shape index (κ1) is 19.1. The lowest BCUT2D eigenvalue weighted by Gasteiger charge is -2.20. The molecular weight excluding hydrogens is 368 g/mol. The molecule has 0 radical (unpaired) electrons. The van der Waals surface area contributed by atoms with E-state index in [1.807, 2.05) is 49.4 Å². The Balaban J connectivity index is 1.43. The predicted octanol–water partition coefficient (Wildman–Crippen LogP) is 4.98. The van der Waals surface area contributed by atoms with Crippen molar-refractivity contribution in [1.82, 2.24) is 4.98 Å². The molecule has 2 heterocycles. The summed E-state index contributed by atoms with van der Waals surface area (Å²) in [5.74, 6) is 2.71. The molecule has 4 rings (SSSR count). The molecule has 1 unspecified atom stereocenters. The van der Waals surface area contributed by atoms with Gasteiger partial charge in [0, 0.05) is 17.2 Å². The van der Waals surface area contributed by atoms with Crippen LogP contribution in [-0.2, 0) is 4.79 Å². The van der Waals surface area contributed by atoms with Gasteiger partial charge < -0.3 is 19.2 Å². The lowest BCUT2D eigenvalue weighted by molar-refractivity contribution is -0.117. The fourth-order valence-corrected chi connectivity index (χ4v) is 3.11. The van der Waals surface area contributed by atoms with Gasteiger partial charge >= 0.3 is 0 Å². The number of nitrogens with zero attached hydrogens (tertiary/aromatic N) is 1. The second-order valence-corrected chi connectivity index (χ2v) is 7.41. The number of rotatable bonds is 5. The molecule has 150 valence electrons. The maximum absolute atomic E-state index is 12.7. The Morgan fingerprint density at radius 1 is 1.00 bits per heavy atom. The summed E-state index contributed by atoms with van der Waals surface area (Å²) in [6.07, 6.45) is 1.75. The fraction of sp³-hybridized carbons (Fsp3) is 0.304. The largest absolute Gasteiger partial charge is 0.486 e. The Kier molecular flexibility index (Phi) is 5.25. The van der Waals surface area contributed by atoms with Crippen LogP contribution in [0.25, 0.3) is 11.5 Å². The van der Waals surface area contributed by atoms with E-state index in [2.05, 4.69) is 24.1 Å². The van der Waals surface area contributed by atoms with E-state index in [0.29, 0.717) is 24.9 Å². The van der Waals surface area contributed by atoms with Gasteiger partial charge in [-0.15, -0.1) is 0 Å². The Labute approximate surface area is 169 Å². The third kappa shape index (κ3) is 4.11. The van der Waals surface area contributed by atoms with Gasteiger partial charge in [0.15, 0.2) is 11.5 Å². The smallest absolute Gasteiger partial charge is 0.231 e. The highest BCUT2D eigenvalue weighted by Crippen LogP contribution is 2.33. The number of oxazole rings is 1. The number of fused-ring (bicyclic) bond motifs is 1.